The van der Waals surface area contributed by atoms with Gasteiger partial charge >= 0.3 is 10.2 Å². The molecule has 7 nitrogen and oxygen atoms in total. The molecule has 1 aliphatic heterocycles. The zero-order valence-electron chi connectivity index (χ0n) is 16.5. The molecule has 0 aromatic heterocycles. The molecule has 2 rings (SSSR count). The Morgan fingerprint density at radius 3 is 2.56 bits per heavy atom. The van der Waals surface area contributed by atoms with E-state index < -0.39 is 10.2 Å². The van der Waals surface area contributed by atoms with E-state index in [0.29, 0.717) is 44.1 Å². The predicted octanol–water partition coefficient (Wildman–Crippen LogP) is 2.39. The number of hydrogen-bond donors (Lipinski definition) is 1. The van der Waals surface area contributed by atoms with Crippen molar-refractivity contribution in [3.05, 3.63) is 24.3 Å². The van der Waals surface area contributed by atoms with Gasteiger partial charge in [-0.25, -0.2) is 0 Å². The third kappa shape index (κ3) is 5.35. The first kappa shape index (κ1) is 21.5. The van der Waals surface area contributed by atoms with Crippen molar-refractivity contribution in [2.45, 2.75) is 40.0 Å². The number of nitrogens with one attached hydrogen (secondary N) is 1. The van der Waals surface area contributed by atoms with Crippen LogP contribution >= 0.6 is 0 Å². The van der Waals surface area contributed by atoms with Crippen LogP contribution in [0.15, 0.2) is 24.3 Å². The van der Waals surface area contributed by atoms with Crippen LogP contribution in [0.2, 0.25) is 0 Å². The summed E-state index contributed by atoms with van der Waals surface area (Å²) < 4.78 is 34.6. The lowest BCUT2D eigenvalue weighted by atomic mass is 9.99. The number of piperidine rings is 1. The van der Waals surface area contributed by atoms with Crippen molar-refractivity contribution in [1.82, 2.24) is 9.62 Å². The van der Waals surface area contributed by atoms with Gasteiger partial charge in [0.05, 0.1) is 18.2 Å². The second-order valence-corrected chi connectivity index (χ2v) is 8.44. The van der Waals surface area contributed by atoms with Crippen molar-refractivity contribution < 1.29 is 17.9 Å². The molecule has 1 amide bonds. The van der Waals surface area contributed by atoms with Gasteiger partial charge in [0.25, 0.3) is 0 Å². The molecular weight excluding hydrogens is 366 g/mol. The Balaban J connectivity index is 2.15. The fraction of sp³-hybridized carbons (Fsp3) is 0.632. The number of nitrogens with zero attached hydrogens (tertiary/aromatic N) is 2. The molecule has 27 heavy (non-hydrogen) atoms. The molecule has 1 aromatic rings. The van der Waals surface area contributed by atoms with Gasteiger partial charge in [-0.2, -0.15) is 12.7 Å². The zero-order chi connectivity index (χ0) is 19.9. The number of carbonyl (C=O) groups is 1. The number of ether oxygens (including phenoxy) is 1. The normalized spacial score (nSPS) is 18.1. The molecule has 0 saturated carbocycles. The van der Waals surface area contributed by atoms with Gasteiger partial charge in [-0.15, -0.1) is 0 Å². The lowest BCUT2D eigenvalue weighted by Gasteiger charge is -2.35. The molecule has 0 spiro atoms. The summed E-state index contributed by atoms with van der Waals surface area (Å²) in [6.07, 6.45) is 2.27. The zero-order valence-corrected chi connectivity index (χ0v) is 17.3. The topological polar surface area (TPSA) is 79.0 Å². The summed E-state index contributed by atoms with van der Waals surface area (Å²) in [5.74, 6) is 0.361. The van der Waals surface area contributed by atoms with Crippen LogP contribution in [0.4, 0.5) is 5.69 Å². The quantitative estimate of drug-likeness (QED) is 0.694. The molecular formula is C19H31N3O4S. The molecule has 0 bridgehead atoms. The summed E-state index contributed by atoms with van der Waals surface area (Å²) in [6.45, 7) is 7.87. The molecule has 1 atom stereocenters. The smallest absolute Gasteiger partial charge is 0.304 e. The van der Waals surface area contributed by atoms with Gasteiger partial charge in [0.2, 0.25) is 5.91 Å². The molecule has 8 heteroatoms. The van der Waals surface area contributed by atoms with Crippen molar-refractivity contribution >= 4 is 21.8 Å². The molecule has 1 heterocycles. The van der Waals surface area contributed by atoms with Gasteiger partial charge in [0.1, 0.15) is 5.75 Å². The van der Waals surface area contributed by atoms with Crippen molar-refractivity contribution in [3.63, 3.8) is 0 Å². The van der Waals surface area contributed by atoms with Crippen LogP contribution in [0.1, 0.15) is 40.0 Å². The Labute approximate surface area is 162 Å². The van der Waals surface area contributed by atoms with Gasteiger partial charge in [-0.3, -0.25) is 9.10 Å². The highest BCUT2D eigenvalue weighted by Crippen LogP contribution is 2.26. The standard InChI is InChI=1S/C19H31N3O4S/c1-4-13-20-19(23)16-8-7-14-21(15-16)27(24,25)22(5-2)17-9-11-18(12-10-17)26-6-3/h9-12,16H,4-8,13-15H2,1-3H3,(H,20,23). The lowest BCUT2D eigenvalue weighted by Crippen LogP contribution is -2.50. The predicted molar refractivity (Wildman–Crippen MR) is 107 cm³/mol. The minimum Gasteiger partial charge on any atom is -0.494 e. The largest absolute Gasteiger partial charge is 0.494 e. The average Bonchev–Trinajstić information content (AvgIpc) is 2.68. The Morgan fingerprint density at radius 1 is 1.26 bits per heavy atom. The van der Waals surface area contributed by atoms with E-state index in [-0.39, 0.29) is 18.4 Å². The number of hydrogen-bond acceptors (Lipinski definition) is 4. The van der Waals surface area contributed by atoms with Gasteiger partial charge in [0, 0.05) is 26.2 Å². The highest BCUT2D eigenvalue weighted by atomic mass is 32.2. The van der Waals surface area contributed by atoms with Crippen molar-refractivity contribution in [2.24, 2.45) is 5.92 Å². The number of benzene rings is 1. The first-order valence-electron chi connectivity index (χ1n) is 9.72. The van der Waals surface area contributed by atoms with Crippen LogP contribution in [0.25, 0.3) is 0 Å². The van der Waals surface area contributed by atoms with Gasteiger partial charge in [-0.1, -0.05) is 6.92 Å². The first-order chi connectivity index (χ1) is 12.9. The van der Waals surface area contributed by atoms with Crippen molar-refractivity contribution in [2.75, 3.05) is 37.1 Å². The van der Waals surface area contributed by atoms with E-state index in [1.165, 1.54) is 8.61 Å². The highest BCUT2D eigenvalue weighted by Gasteiger charge is 2.35. The van der Waals surface area contributed by atoms with Crippen LogP contribution in [0.3, 0.4) is 0 Å². The first-order valence-corrected chi connectivity index (χ1v) is 11.1. The second-order valence-electron chi connectivity index (χ2n) is 6.59. The number of amides is 1. The summed E-state index contributed by atoms with van der Waals surface area (Å²) in [4.78, 5) is 12.3. The van der Waals surface area contributed by atoms with E-state index in [0.717, 1.165) is 12.8 Å². The molecule has 1 aromatic carbocycles. The molecule has 1 unspecified atom stereocenters. The maximum atomic E-state index is 13.2. The molecule has 1 saturated heterocycles. The molecule has 0 aliphatic carbocycles. The van der Waals surface area contributed by atoms with Crippen molar-refractivity contribution in [3.8, 4) is 5.75 Å². The van der Waals surface area contributed by atoms with Crippen LogP contribution < -0.4 is 14.4 Å². The second kappa shape index (κ2) is 9.94. The van der Waals surface area contributed by atoms with Gasteiger partial charge in [-0.05, 0) is 57.4 Å². The van der Waals surface area contributed by atoms with E-state index in [4.69, 9.17) is 4.74 Å². The Kier molecular flexibility index (Phi) is 7.91. The van der Waals surface area contributed by atoms with E-state index in [2.05, 4.69) is 5.32 Å². The molecule has 0 radical (unpaired) electrons. The summed E-state index contributed by atoms with van der Waals surface area (Å²) >= 11 is 0. The third-order valence-electron chi connectivity index (χ3n) is 4.63. The minimum atomic E-state index is -3.69. The van der Waals surface area contributed by atoms with Gasteiger partial charge < -0.3 is 10.1 Å². The molecule has 1 aliphatic rings. The Morgan fingerprint density at radius 2 is 1.96 bits per heavy atom. The monoisotopic (exact) mass is 397 g/mol. The number of carbonyl (C=O) groups excluding carboxylic acids is 1. The summed E-state index contributed by atoms with van der Waals surface area (Å²) in [5, 5.41) is 2.88. The van der Waals surface area contributed by atoms with E-state index >= 15 is 0 Å². The summed E-state index contributed by atoms with van der Waals surface area (Å²) in [5.41, 5.74) is 0.596. The summed E-state index contributed by atoms with van der Waals surface area (Å²) in [7, 11) is -3.69. The van der Waals surface area contributed by atoms with Crippen molar-refractivity contribution in [1.29, 1.82) is 0 Å². The van der Waals surface area contributed by atoms with E-state index in [9.17, 15) is 13.2 Å². The molecule has 1 N–H and O–H groups in total. The number of rotatable bonds is 9. The van der Waals surface area contributed by atoms with Crippen LogP contribution in [0, 0.1) is 5.92 Å². The Hall–Kier alpha value is -1.80. The van der Waals surface area contributed by atoms with Crippen LogP contribution in [-0.4, -0.2) is 51.4 Å². The average molecular weight is 398 g/mol. The minimum absolute atomic E-state index is 0.0548. The van der Waals surface area contributed by atoms with Crippen LogP contribution in [0.5, 0.6) is 5.75 Å². The van der Waals surface area contributed by atoms with Gasteiger partial charge in [0.15, 0.2) is 0 Å². The highest BCUT2D eigenvalue weighted by molar-refractivity contribution is 7.90. The Bertz CT molecular complexity index is 706. The number of anilines is 1. The fourth-order valence-corrected chi connectivity index (χ4v) is 4.97. The lowest BCUT2D eigenvalue weighted by molar-refractivity contribution is -0.126. The van der Waals surface area contributed by atoms with E-state index in [1.54, 1.807) is 24.3 Å². The van der Waals surface area contributed by atoms with E-state index in [1.807, 2.05) is 20.8 Å². The fourth-order valence-electron chi connectivity index (χ4n) is 3.25. The maximum Gasteiger partial charge on any atom is 0.304 e. The summed E-state index contributed by atoms with van der Waals surface area (Å²) in [6, 6.07) is 7.05. The molecule has 152 valence electrons. The molecule has 1 fully saturated rings. The SMILES string of the molecule is CCCNC(=O)C1CCCN(S(=O)(=O)N(CC)c2ccc(OCC)cc2)C1. The third-order valence-corrected chi connectivity index (χ3v) is 6.64. The van der Waals surface area contributed by atoms with Crippen LogP contribution in [-0.2, 0) is 15.0 Å². The maximum absolute atomic E-state index is 13.2.